The van der Waals surface area contributed by atoms with E-state index in [4.69, 9.17) is 32.7 Å². The monoisotopic (exact) mass is 406 g/mol. The molecule has 1 aliphatic rings. The molecule has 132 valence electrons. The van der Waals surface area contributed by atoms with Gasteiger partial charge < -0.3 is 14.0 Å². The van der Waals surface area contributed by atoms with Crippen LogP contribution in [0.4, 0.5) is 0 Å². The highest BCUT2D eigenvalue weighted by molar-refractivity contribution is 7.16. The largest absolute Gasteiger partial charge is 0.454 e. The molecule has 0 saturated carbocycles. The molecule has 26 heavy (non-hydrogen) atoms. The summed E-state index contributed by atoms with van der Waals surface area (Å²) in [7, 11) is 0. The van der Waals surface area contributed by atoms with E-state index in [2.05, 4.69) is 11.6 Å². The zero-order chi connectivity index (χ0) is 18.3. The van der Waals surface area contributed by atoms with Gasteiger partial charge in [-0.1, -0.05) is 40.6 Å². The molecule has 0 unspecified atom stereocenters. The highest BCUT2D eigenvalue weighted by Crippen LogP contribution is 2.37. The molecule has 4 rings (SSSR count). The maximum Gasteiger partial charge on any atom is 0.281 e. The molecule has 0 fully saturated rings. The minimum atomic E-state index is -0.457. The van der Waals surface area contributed by atoms with Crippen molar-refractivity contribution >= 4 is 50.7 Å². The van der Waals surface area contributed by atoms with Gasteiger partial charge >= 0.3 is 0 Å². The summed E-state index contributed by atoms with van der Waals surface area (Å²) in [5.74, 6) is 0.894. The molecule has 1 aliphatic heterocycles. The lowest BCUT2D eigenvalue weighted by Crippen LogP contribution is -2.16. The molecule has 8 heteroatoms. The molecule has 0 N–H and O–H groups in total. The van der Waals surface area contributed by atoms with Crippen molar-refractivity contribution in [3.05, 3.63) is 63.4 Å². The lowest BCUT2D eigenvalue weighted by molar-refractivity contribution is 0.0998. The first kappa shape index (κ1) is 17.1. The fourth-order valence-corrected chi connectivity index (χ4v) is 4.08. The van der Waals surface area contributed by atoms with E-state index in [1.807, 2.05) is 16.7 Å². The quantitative estimate of drug-likeness (QED) is 0.594. The number of halogens is 2. The van der Waals surface area contributed by atoms with Gasteiger partial charge in [-0.2, -0.15) is 4.99 Å². The van der Waals surface area contributed by atoms with Crippen LogP contribution < -0.4 is 14.3 Å². The van der Waals surface area contributed by atoms with Crippen LogP contribution in [0, 0.1) is 0 Å². The van der Waals surface area contributed by atoms with E-state index < -0.39 is 5.91 Å². The third-order valence-electron chi connectivity index (χ3n) is 3.84. The zero-order valence-corrected chi connectivity index (χ0v) is 15.7. The number of rotatable bonds is 3. The van der Waals surface area contributed by atoms with Crippen LogP contribution in [0.5, 0.6) is 11.5 Å². The van der Waals surface area contributed by atoms with E-state index in [0.29, 0.717) is 32.9 Å². The molecule has 3 aromatic rings. The summed E-state index contributed by atoms with van der Waals surface area (Å²) < 4.78 is 13.7. The second kappa shape index (κ2) is 6.79. The Bertz CT molecular complexity index is 1120. The van der Waals surface area contributed by atoms with Gasteiger partial charge in [0.2, 0.25) is 6.79 Å². The number of hydrogen-bond donors (Lipinski definition) is 0. The summed E-state index contributed by atoms with van der Waals surface area (Å²) in [5, 5.41) is 0.731. The third-order valence-corrected chi connectivity index (χ3v) is 5.45. The molecule has 0 aliphatic carbocycles. The molecular weight excluding hydrogens is 395 g/mol. The minimum Gasteiger partial charge on any atom is -0.454 e. The molecule has 1 aromatic heterocycles. The number of fused-ring (bicyclic) bond motifs is 2. The number of carbonyl (C=O) groups excluding carboxylic acids is 1. The lowest BCUT2D eigenvalue weighted by Gasteiger charge is -2.03. The van der Waals surface area contributed by atoms with Gasteiger partial charge in [-0.15, -0.1) is 6.58 Å². The second-order valence-electron chi connectivity index (χ2n) is 5.50. The summed E-state index contributed by atoms with van der Waals surface area (Å²) in [4.78, 5) is 17.4. The summed E-state index contributed by atoms with van der Waals surface area (Å²) in [6.45, 7) is 4.48. The van der Waals surface area contributed by atoms with Crippen LogP contribution in [0.1, 0.15) is 10.4 Å². The first-order chi connectivity index (χ1) is 12.6. The maximum absolute atomic E-state index is 12.6. The first-order valence-electron chi connectivity index (χ1n) is 7.65. The molecular formula is C18H12Cl2N2O3S. The SMILES string of the molecule is C=CCn1c(=NC(=O)c2cc(Cl)ccc2Cl)sc2cc3c(cc21)OCO3. The Morgan fingerprint density at radius 2 is 2.04 bits per heavy atom. The van der Waals surface area contributed by atoms with E-state index in [1.165, 1.54) is 17.4 Å². The average molecular weight is 407 g/mol. The number of ether oxygens (including phenoxy) is 2. The average Bonchev–Trinajstić information content (AvgIpc) is 3.20. The van der Waals surface area contributed by atoms with Gasteiger partial charge in [0.05, 0.1) is 20.8 Å². The van der Waals surface area contributed by atoms with Gasteiger partial charge in [-0.25, -0.2) is 0 Å². The maximum atomic E-state index is 12.6. The fourth-order valence-electron chi connectivity index (χ4n) is 2.66. The van der Waals surface area contributed by atoms with Crippen LogP contribution >= 0.6 is 34.5 Å². The molecule has 0 spiro atoms. The Morgan fingerprint density at radius 1 is 1.27 bits per heavy atom. The van der Waals surface area contributed by atoms with Crippen LogP contribution in [0.2, 0.25) is 10.0 Å². The molecule has 2 heterocycles. The van der Waals surface area contributed by atoms with Gasteiger partial charge in [0.1, 0.15) is 0 Å². The summed E-state index contributed by atoms with van der Waals surface area (Å²) >= 11 is 13.5. The minimum absolute atomic E-state index is 0.205. The number of aromatic nitrogens is 1. The number of allylic oxidation sites excluding steroid dienone is 1. The van der Waals surface area contributed by atoms with Crippen molar-refractivity contribution in [1.82, 2.24) is 4.57 Å². The van der Waals surface area contributed by atoms with Crippen molar-refractivity contribution in [3.8, 4) is 11.5 Å². The number of amides is 1. The fraction of sp³-hybridized carbons (Fsp3) is 0.111. The normalized spacial score (nSPS) is 13.4. The Hall–Kier alpha value is -2.28. The second-order valence-corrected chi connectivity index (χ2v) is 7.35. The lowest BCUT2D eigenvalue weighted by atomic mass is 10.2. The highest BCUT2D eigenvalue weighted by atomic mass is 35.5. The van der Waals surface area contributed by atoms with E-state index in [0.717, 1.165) is 10.2 Å². The Balaban J connectivity index is 1.88. The molecule has 0 saturated heterocycles. The Kier molecular flexibility index (Phi) is 4.48. The molecule has 0 bridgehead atoms. The molecule has 5 nitrogen and oxygen atoms in total. The van der Waals surface area contributed by atoms with Crippen molar-refractivity contribution < 1.29 is 14.3 Å². The first-order valence-corrected chi connectivity index (χ1v) is 9.22. The van der Waals surface area contributed by atoms with E-state index in [9.17, 15) is 4.79 Å². The summed E-state index contributed by atoms with van der Waals surface area (Å²) in [5.41, 5.74) is 1.15. The van der Waals surface area contributed by atoms with Crippen molar-refractivity contribution in [3.63, 3.8) is 0 Å². The van der Waals surface area contributed by atoms with Gasteiger partial charge in [0, 0.05) is 23.7 Å². The number of nitrogens with zero attached hydrogens (tertiary/aromatic N) is 2. The van der Waals surface area contributed by atoms with E-state index >= 15 is 0 Å². The molecule has 0 radical (unpaired) electrons. The molecule has 0 atom stereocenters. The molecule has 2 aromatic carbocycles. The van der Waals surface area contributed by atoms with E-state index in [1.54, 1.807) is 18.2 Å². The summed E-state index contributed by atoms with van der Waals surface area (Å²) in [6.07, 6.45) is 1.74. The predicted octanol–water partition coefficient (Wildman–Crippen LogP) is 4.67. The third kappa shape index (κ3) is 3.00. The van der Waals surface area contributed by atoms with Crippen LogP contribution in [0.3, 0.4) is 0 Å². The number of thiazole rings is 1. The van der Waals surface area contributed by atoms with Gasteiger partial charge in [-0.3, -0.25) is 4.79 Å². The van der Waals surface area contributed by atoms with Gasteiger partial charge in [-0.05, 0) is 18.2 Å². The van der Waals surface area contributed by atoms with E-state index in [-0.39, 0.29) is 12.4 Å². The van der Waals surface area contributed by atoms with Gasteiger partial charge in [0.15, 0.2) is 16.3 Å². The summed E-state index contributed by atoms with van der Waals surface area (Å²) in [6, 6.07) is 8.48. The Labute approximate surface area is 162 Å². The topological polar surface area (TPSA) is 52.8 Å². The van der Waals surface area contributed by atoms with Crippen LogP contribution in [-0.4, -0.2) is 17.3 Å². The van der Waals surface area contributed by atoms with Crippen LogP contribution in [0.25, 0.3) is 10.2 Å². The smallest absolute Gasteiger partial charge is 0.281 e. The Morgan fingerprint density at radius 3 is 2.81 bits per heavy atom. The molecule has 1 amide bonds. The number of carbonyl (C=O) groups is 1. The van der Waals surface area contributed by atoms with Crippen molar-refractivity contribution in [2.45, 2.75) is 6.54 Å². The highest BCUT2D eigenvalue weighted by Gasteiger charge is 2.18. The number of benzene rings is 2. The number of hydrogen-bond acceptors (Lipinski definition) is 4. The van der Waals surface area contributed by atoms with Crippen molar-refractivity contribution in [2.75, 3.05) is 6.79 Å². The zero-order valence-electron chi connectivity index (χ0n) is 13.4. The van der Waals surface area contributed by atoms with Crippen molar-refractivity contribution in [1.29, 1.82) is 0 Å². The van der Waals surface area contributed by atoms with Crippen LogP contribution in [-0.2, 0) is 6.54 Å². The van der Waals surface area contributed by atoms with Crippen LogP contribution in [0.15, 0.2) is 48.0 Å². The predicted molar refractivity (Wildman–Crippen MR) is 102 cm³/mol. The van der Waals surface area contributed by atoms with Crippen molar-refractivity contribution in [2.24, 2.45) is 4.99 Å². The van der Waals surface area contributed by atoms with Gasteiger partial charge in [0.25, 0.3) is 5.91 Å². The standard InChI is InChI=1S/C18H12Cl2N2O3S/c1-2-5-22-13-7-14-15(25-9-24-14)8-16(13)26-18(22)21-17(23)11-6-10(19)3-4-12(11)20/h2-4,6-8H,1,5,9H2.